The molecule has 1 aliphatic heterocycles. The first-order chi connectivity index (χ1) is 7.04. The lowest BCUT2D eigenvalue weighted by Crippen LogP contribution is -2.50. The van der Waals surface area contributed by atoms with Crippen molar-refractivity contribution in [3.8, 4) is 0 Å². The van der Waals surface area contributed by atoms with E-state index >= 15 is 0 Å². The molecule has 0 aromatic rings. The molecule has 0 saturated carbocycles. The maximum atomic E-state index is 5.70. The van der Waals surface area contributed by atoms with Gasteiger partial charge in [-0.25, -0.2) is 0 Å². The lowest BCUT2D eigenvalue weighted by atomic mass is 9.63. The van der Waals surface area contributed by atoms with Crippen LogP contribution in [0.1, 0.15) is 34.1 Å². The van der Waals surface area contributed by atoms with Crippen molar-refractivity contribution in [3.05, 3.63) is 11.6 Å². The van der Waals surface area contributed by atoms with Crippen LogP contribution in [-0.4, -0.2) is 19.5 Å². The summed E-state index contributed by atoms with van der Waals surface area (Å²) < 4.78 is 11.4. The fourth-order valence-electron chi connectivity index (χ4n) is 2.98. The van der Waals surface area contributed by atoms with E-state index in [0.717, 1.165) is 13.2 Å². The quantitative estimate of drug-likeness (QED) is 0.572. The molecule has 2 heteroatoms. The molecule has 0 aromatic carbocycles. The highest BCUT2D eigenvalue weighted by molar-refractivity contribution is 5.13. The fraction of sp³-hybridized carbons (Fsp3) is 0.846. The van der Waals surface area contributed by atoms with Crippen LogP contribution in [0.15, 0.2) is 11.6 Å². The van der Waals surface area contributed by atoms with Crippen LogP contribution in [0.2, 0.25) is 0 Å². The maximum absolute atomic E-state index is 5.70. The molecule has 0 N–H and O–H groups in total. The van der Waals surface area contributed by atoms with Crippen LogP contribution in [0.4, 0.5) is 0 Å². The monoisotopic (exact) mass is 210 g/mol. The molecule has 86 valence electrons. The van der Waals surface area contributed by atoms with E-state index in [4.69, 9.17) is 9.47 Å². The number of allylic oxidation sites excluding steroid dienone is 2. The Labute approximate surface area is 92.6 Å². The van der Waals surface area contributed by atoms with Crippen molar-refractivity contribution in [2.24, 2.45) is 17.3 Å². The van der Waals surface area contributed by atoms with Gasteiger partial charge in [-0.1, -0.05) is 25.5 Å². The molecule has 15 heavy (non-hydrogen) atoms. The summed E-state index contributed by atoms with van der Waals surface area (Å²) in [6.07, 6.45) is 3.55. The average molecular weight is 210 g/mol. The summed E-state index contributed by atoms with van der Waals surface area (Å²) in [6.45, 7) is 10.5. The number of rotatable bonds is 0. The Morgan fingerprint density at radius 1 is 1.20 bits per heavy atom. The molecular formula is C13H22O2. The van der Waals surface area contributed by atoms with Crippen LogP contribution < -0.4 is 0 Å². The normalized spacial score (nSPS) is 46.7. The first-order valence-electron chi connectivity index (χ1n) is 5.95. The minimum Gasteiger partial charge on any atom is -0.352 e. The highest BCUT2D eigenvalue weighted by Crippen LogP contribution is 2.46. The Bertz CT molecular complexity index is 262. The first-order valence-corrected chi connectivity index (χ1v) is 5.95. The van der Waals surface area contributed by atoms with Gasteiger partial charge in [0.25, 0.3) is 0 Å². The Kier molecular flexibility index (Phi) is 2.91. The predicted octanol–water partition coefficient (Wildman–Crippen LogP) is 2.99. The molecule has 2 nitrogen and oxygen atoms in total. The van der Waals surface area contributed by atoms with Gasteiger partial charge in [-0.05, 0) is 32.1 Å². The van der Waals surface area contributed by atoms with Crippen LogP contribution in [0.5, 0.6) is 0 Å². The second kappa shape index (κ2) is 3.91. The summed E-state index contributed by atoms with van der Waals surface area (Å²) >= 11 is 0. The lowest BCUT2D eigenvalue weighted by molar-refractivity contribution is -0.242. The molecular weight excluding hydrogens is 188 g/mol. The van der Waals surface area contributed by atoms with Gasteiger partial charge in [0.2, 0.25) is 0 Å². The maximum Gasteiger partial charge on any atom is 0.154 e. The molecule has 1 saturated heterocycles. The Balaban J connectivity index is 2.19. The van der Waals surface area contributed by atoms with E-state index in [1.54, 1.807) is 0 Å². The van der Waals surface area contributed by atoms with Crippen LogP contribution in [0, 0.1) is 17.3 Å². The summed E-state index contributed by atoms with van der Waals surface area (Å²) in [4.78, 5) is 0. The number of hydrogen-bond acceptors (Lipinski definition) is 2. The fourth-order valence-corrected chi connectivity index (χ4v) is 2.98. The molecule has 0 radical (unpaired) electrons. The summed E-state index contributed by atoms with van der Waals surface area (Å²) in [6, 6.07) is 0. The van der Waals surface area contributed by atoms with Gasteiger partial charge in [0.1, 0.15) is 0 Å². The second-order valence-corrected chi connectivity index (χ2v) is 5.33. The van der Waals surface area contributed by atoms with E-state index < -0.39 is 0 Å². The van der Waals surface area contributed by atoms with Gasteiger partial charge < -0.3 is 9.47 Å². The molecule has 1 aliphatic carbocycles. The molecule has 0 aromatic heterocycles. The first kappa shape index (κ1) is 11.2. The van der Waals surface area contributed by atoms with E-state index in [-0.39, 0.29) is 11.7 Å². The van der Waals surface area contributed by atoms with Crippen molar-refractivity contribution >= 4 is 0 Å². The van der Waals surface area contributed by atoms with E-state index in [2.05, 4.69) is 26.8 Å². The molecule has 1 spiro atoms. The van der Waals surface area contributed by atoms with Gasteiger partial charge in [-0.3, -0.25) is 0 Å². The van der Waals surface area contributed by atoms with Gasteiger partial charge in [0.05, 0.1) is 13.2 Å². The molecule has 2 aliphatic rings. The molecule has 0 amide bonds. The van der Waals surface area contributed by atoms with E-state index in [1.165, 1.54) is 12.0 Å². The minimum absolute atomic E-state index is 0.0259. The van der Waals surface area contributed by atoms with Crippen molar-refractivity contribution in [1.29, 1.82) is 0 Å². The Hall–Kier alpha value is -0.340. The van der Waals surface area contributed by atoms with Gasteiger partial charge in [0, 0.05) is 5.41 Å². The van der Waals surface area contributed by atoms with Crippen molar-refractivity contribution in [2.45, 2.75) is 40.4 Å². The van der Waals surface area contributed by atoms with Gasteiger partial charge in [-0.2, -0.15) is 0 Å². The van der Waals surface area contributed by atoms with E-state index in [9.17, 15) is 0 Å². The van der Waals surface area contributed by atoms with Crippen LogP contribution >= 0.6 is 0 Å². The molecule has 1 heterocycles. The largest absolute Gasteiger partial charge is 0.352 e. The van der Waals surface area contributed by atoms with Crippen LogP contribution in [0.25, 0.3) is 0 Å². The standard InChI is InChI=1S/C13H22O2/c1-9-5-10(2)13(11(3)6-9)7-14-12(4)15-8-13/h5,10-12H,6-8H2,1-4H3. The third kappa shape index (κ3) is 1.85. The summed E-state index contributed by atoms with van der Waals surface area (Å²) in [5.74, 6) is 1.22. The summed E-state index contributed by atoms with van der Waals surface area (Å²) in [5.41, 5.74) is 1.73. The molecule has 2 unspecified atom stereocenters. The van der Waals surface area contributed by atoms with Crippen LogP contribution in [-0.2, 0) is 9.47 Å². The van der Waals surface area contributed by atoms with E-state index in [1.807, 2.05) is 6.92 Å². The smallest absolute Gasteiger partial charge is 0.154 e. The average Bonchev–Trinajstić information content (AvgIpc) is 2.16. The lowest BCUT2D eigenvalue weighted by Gasteiger charge is -2.49. The highest BCUT2D eigenvalue weighted by Gasteiger charge is 2.46. The zero-order valence-corrected chi connectivity index (χ0v) is 10.2. The van der Waals surface area contributed by atoms with Gasteiger partial charge in [-0.15, -0.1) is 0 Å². The minimum atomic E-state index is -0.0259. The van der Waals surface area contributed by atoms with Crippen molar-refractivity contribution in [1.82, 2.24) is 0 Å². The van der Waals surface area contributed by atoms with Crippen molar-refractivity contribution < 1.29 is 9.47 Å². The van der Waals surface area contributed by atoms with E-state index in [0.29, 0.717) is 11.8 Å². The third-order valence-electron chi connectivity index (χ3n) is 4.22. The zero-order valence-electron chi connectivity index (χ0n) is 10.2. The second-order valence-electron chi connectivity index (χ2n) is 5.33. The SMILES string of the molecule is CC1=CC(C)C2(COC(C)OC2)C(C)C1. The Morgan fingerprint density at radius 3 is 2.33 bits per heavy atom. The van der Waals surface area contributed by atoms with Crippen LogP contribution in [0.3, 0.4) is 0 Å². The molecule has 2 atom stereocenters. The highest BCUT2D eigenvalue weighted by atomic mass is 16.7. The zero-order chi connectivity index (χ0) is 11.1. The van der Waals surface area contributed by atoms with Crippen molar-refractivity contribution in [3.63, 3.8) is 0 Å². The Morgan fingerprint density at radius 2 is 1.80 bits per heavy atom. The number of ether oxygens (including phenoxy) is 2. The number of hydrogen-bond donors (Lipinski definition) is 0. The molecule has 2 rings (SSSR count). The summed E-state index contributed by atoms with van der Waals surface area (Å²) in [7, 11) is 0. The molecule has 1 fully saturated rings. The van der Waals surface area contributed by atoms with Gasteiger partial charge >= 0.3 is 0 Å². The predicted molar refractivity (Wildman–Crippen MR) is 60.5 cm³/mol. The molecule has 0 bridgehead atoms. The summed E-state index contributed by atoms with van der Waals surface area (Å²) in [5, 5.41) is 0. The topological polar surface area (TPSA) is 18.5 Å². The van der Waals surface area contributed by atoms with Crippen molar-refractivity contribution in [2.75, 3.05) is 13.2 Å². The van der Waals surface area contributed by atoms with Gasteiger partial charge in [0.15, 0.2) is 6.29 Å². The third-order valence-corrected chi connectivity index (χ3v) is 4.22.